The number of nitrogens with zero attached hydrogens (tertiary/aromatic N) is 2. The fourth-order valence-corrected chi connectivity index (χ4v) is 3.03. The molecular formula is C15H28N2O3. The van der Waals surface area contributed by atoms with Gasteiger partial charge in [-0.2, -0.15) is 0 Å². The van der Waals surface area contributed by atoms with E-state index in [1.165, 1.54) is 0 Å². The molecule has 1 fully saturated rings. The zero-order valence-corrected chi connectivity index (χ0v) is 13.4. The Kier molecular flexibility index (Phi) is 6.46. The van der Waals surface area contributed by atoms with Crippen LogP contribution in [-0.2, 0) is 14.3 Å². The molecule has 116 valence electrons. The summed E-state index contributed by atoms with van der Waals surface area (Å²) < 4.78 is 4.88. The largest absolute Gasteiger partial charge is 0.466 e. The molecule has 0 aromatic heterocycles. The van der Waals surface area contributed by atoms with Gasteiger partial charge in [-0.15, -0.1) is 0 Å². The maximum atomic E-state index is 12.4. The van der Waals surface area contributed by atoms with E-state index >= 15 is 0 Å². The van der Waals surface area contributed by atoms with Gasteiger partial charge in [0.15, 0.2) is 0 Å². The molecule has 0 radical (unpaired) electrons. The van der Waals surface area contributed by atoms with E-state index in [4.69, 9.17) is 4.74 Å². The van der Waals surface area contributed by atoms with Gasteiger partial charge in [-0.3, -0.25) is 14.5 Å². The Labute approximate surface area is 122 Å². The van der Waals surface area contributed by atoms with Crippen molar-refractivity contribution < 1.29 is 14.3 Å². The van der Waals surface area contributed by atoms with Crippen LogP contribution in [-0.4, -0.2) is 60.0 Å². The number of carbonyl (C=O) groups is 2. The van der Waals surface area contributed by atoms with E-state index in [0.29, 0.717) is 25.2 Å². The van der Waals surface area contributed by atoms with Crippen molar-refractivity contribution >= 4 is 11.9 Å². The minimum absolute atomic E-state index is 0.0786. The lowest BCUT2D eigenvalue weighted by Gasteiger charge is -2.34. The van der Waals surface area contributed by atoms with E-state index in [1.54, 1.807) is 18.9 Å². The molecule has 1 saturated heterocycles. The van der Waals surface area contributed by atoms with Gasteiger partial charge in [-0.25, -0.2) is 0 Å². The molecule has 0 aliphatic carbocycles. The number of esters is 1. The second-order valence-corrected chi connectivity index (χ2v) is 5.71. The number of likely N-dealkylation sites (N-methyl/N-ethyl adjacent to an activating group) is 1. The van der Waals surface area contributed by atoms with Crippen molar-refractivity contribution in [1.82, 2.24) is 9.80 Å². The standard InChI is InChI=1S/C15H28N2O3/c1-6-20-14(18)9-10-16(5)15(19)13(4)17-11(2)7-8-12(17)3/h11-13H,6-10H2,1-5H3. The molecule has 0 aromatic rings. The molecule has 0 spiro atoms. The Balaban J connectivity index is 2.49. The summed E-state index contributed by atoms with van der Waals surface area (Å²) in [6.07, 6.45) is 2.55. The predicted octanol–water partition coefficient (Wildman–Crippen LogP) is 1.66. The molecule has 1 heterocycles. The average Bonchev–Trinajstić information content (AvgIpc) is 2.74. The molecule has 1 rings (SSSR count). The molecule has 3 atom stereocenters. The SMILES string of the molecule is CCOC(=O)CCN(C)C(=O)C(C)N1C(C)CCC1C. The first kappa shape index (κ1) is 17.0. The zero-order valence-electron chi connectivity index (χ0n) is 13.4. The summed E-state index contributed by atoms with van der Waals surface area (Å²) in [5, 5.41) is 0. The Morgan fingerprint density at radius 2 is 1.85 bits per heavy atom. The molecule has 1 aliphatic heterocycles. The van der Waals surface area contributed by atoms with E-state index in [2.05, 4.69) is 18.7 Å². The maximum absolute atomic E-state index is 12.4. The molecule has 0 aromatic carbocycles. The lowest BCUT2D eigenvalue weighted by Crippen LogP contribution is -2.49. The highest BCUT2D eigenvalue weighted by Crippen LogP contribution is 2.26. The number of hydrogen-bond acceptors (Lipinski definition) is 4. The highest BCUT2D eigenvalue weighted by molar-refractivity contribution is 5.82. The second-order valence-electron chi connectivity index (χ2n) is 5.71. The zero-order chi connectivity index (χ0) is 15.3. The predicted molar refractivity (Wildman–Crippen MR) is 78.3 cm³/mol. The summed E-state index contributed by atoms with van der Waals surface area (Å²) in [6, 6.07) is 0.763. The quantitative estimate of drug-likeness (QED) is 0.696. The third-order valence-corrected chi connectivity index (χ3v) is 4.16. The monoisotopic (exact) mass is 284 g/mol. The van der Waals surface area contributed by atoms with Crippen molar-refractivity contribution in [2.75, 3.05) is 20.2 Å². The molecule has 5 heteroatoms. The molecule has 0 saturated carbocycles. The minimum Gasteiger partial charge on any atom is -0.466 e. The molecule has 3 unspecified atom stereocenters. The molecule has 0 bridgehead atoms. The minimum atomic E-state index is -0.247. The summed E-state index contributed by atoms with van der Waals surface area (Å²) in [5.41, 5.74) is 0. The number of amides is 1. The van der Waals surface area contributed by atoms with E-state index in [-0.39, 0.29) is 24.3 Å². The van der Waals surface area contributed by atoms with Crippen LogP contribution >= 0.6 is 0 Å². The lowest BCUT2D eigenvalue weighted by molar-refractivity contribution is -0.144. The third kappa shape index (κ3) is 4.20. The lowest BCUT2D eigenvalue weighted by atomic mass is 10.2. The summed E-state index contributed by atoms with van der Waals surface area (Å²) in [7, 11) is 1.75. The Bertz CT molecular complexity index is 336. The third-order valence-electron chi connectivity index (χ3n) is 4.16. The van der Waals surface area contributed by atoms with Gasteiger partial charge in [0.2, 0.25) is 5.91 Å². The van der Waals surface area contributed by atoms with Gasteiger partial charge in [-0.05, 0) is 40.5 Å². The fourth-order valence-electron chi connectivity index (χ4n) is 3.03. The molecule has 1 amide bonds. The van der Waals surface area contributed by atoms with Crippen molar-refractivity contribution in [1.29, 1.82) is 0 Å². The number of hydrogen-bond donors (Lipinski definition) is 0. The van der Waals surface area contributed by atoms with Crippen molar-refractivity contribution in [2.45, 2.75) is 65.1 Å². The van der Waals surface area contributed by atoms with Gasteiger partial charge in [0, 0.05) is 25.7 Å². The van der Waals surface area contributed by atoms with E-state index in [0.717, 1.165) is 12.8 Å². The van der Waals surface area contributed by atoms with Crippen molar-refractivity contribution in [3.05, 3.63) is 0 Å². The number of carbonyl (C=O) groups excluding carboxylic acids is 2. The Hall–Kier alpha value is -1.10. The van der Waals surface area contributed by atoms with Crippen LogP contribution in [0.15, 0.2) is 0 Å². The van der Waals surface area contributed by atoms with Gasteiger partial charge in [0.25, 0.3) is 0 Å². The molecule has 20 heavy (non-hydrogen) atoms. The van der Waals surface area contributed by atoms with E-state index in [9.17, 15) is 9.59 Å². The van der Waals surface area contributed by atoms with Gasteiger partial charge < -0.3 is 9.64 Å². The van der Waals surface area contributed by atoms with E-state index in [1.807, 2.05) is 6.92 Å². The number of ether oxygens (including phenoxy) is 1. The average molecular weight is 284 g/mol. The van der Waals surface area contributed by atoms with E-state index < -0.39 is 0 Å². The Morgan fingerprint density at radius 1 is 1.30 bits per heavy atom. The van der Waals surface area contributed by atoms with Crippen LogP contribution in [0.1, 0.15) is 47.0 Å². The smallest absolute Gasteiger partial charge is 0.307 e. The fraction of sp³-hybridized carbons (Fsp3) is 0.867. The van der Waals surface area contributed by atoms with Gasteiger partial charge in [0.1, 0.15) is 0 Å². The summed E-state index contributed by atoms with van der Waals surface area (Å²) in [4.78, 5) is 27.7. The van der Waals surface area contributed by atoms with Crippen molar-refractivity contribution in [3.8, 4) is 0 Å². The second kappa shape index (κ2) is 7.62. The van der Waals surface area contributed by atoms with Crippen molar-refractivity contribution in [3.63, 3.8) is 0 Å². The molecular weight excluding hydrogens is 256 g/mol. The molecule has 1 aliphatic rings. The van der Waals surface area contributed by atoms with Gasteiger partial charge >= 0.3 is 5.97 Å². The summed E-state index contributed by atoms with van der Waals surface area (Å²) in [5.74, 6) is -0.169. The topological polar surface area (TPSA) is 49.9 Å². The first-order valence-electron chi connectivity index (χ1n) is 7.56. The number of likely N-dealkylation sites (tertiary alicyclic amines) is 1. The van der Waals surface area contributed by atoms with Crippen molar-refractivity contribution in [2.24, 2.45) is 0 Å². The Morgan fingerprint density at radius 3 is 2.35 bits per heavy atom. The molecule has 0 N–H and O–H groups in total. The maximum Gasteiger partial charge on any atom is 0.307 e. The number of rotatable bonds is 6. The first-order chi connectivity index (χ1) is 9.38. The first-order valence-corrected chi connectivity index (χ1v) is 7.56. The normalized spacial score (nSPS) is 24.4. The van der Waals surface area contributed by atoms with Crippen LogP contribution in [0.5, 0.6) is 0 Å². The van der Waals surface area contributed by atoms with Gasteiger partial charge in [-0.1, -0.05) is 0 Å². The summed E-state index contributed by atoms with van der Waals surface area (Å²) in [6.45, 7) is 8.89. The highest BCUT2D eigenvalue weighted by atomic mass is 16.5. The van der Waals surface area contributed by atoms with Crippen LogP contribution in [0.3, 0.4) is 0 Å². The molecule has 5 nitrogen and oxygen atoms in total. The van der Waals surface area contributed by atoms with Crippen LogP contribution in [0.25, 0.3) is 0 Å². The van der Waals surface area contributed by atoms with Crippen LogP contribution in [0.2, 0.25) is 0 Å². The van der Waals surface area contributed by atoms with Crippen LogP contribution < -0.4 is 0 Å². The summed E-state index contributed by atoms with van der Waals surface area (Å²) >= 11 is 0. The van der Waals surface area contributed by atoms with Gasteiger partial charge in [0.05, 0.1) is 19.1 Å². The van der Waals surface area contributed by atoms with Crippen LogP contribution in [0, 0.1) is 0 Å². The highest BCUT2D eigenvalue weighted by Gasteiger charge is 2.35. The van der Waals surface area contributed by atoms with Crippen LogP contribution in [0.4, 0.5) is 0 Å².